The quantitative estimate of drug-likeness (QED) is 0.911. The first-order valence-corrected chi connectivity index (χ1v) is 6.62. The number of imidazole rings is 1. The number of piperazine rings is 1. The van der Waals surface area contributed by atoms with Crippen LogP contribution in [-0.2, 0) is 6.54 Å². The summed E-state index contributed by atoms with van der Waals surface area (Å²) in [5.74, 6) is 0. The van der Waals surface area contributed by atoms with Gasteiger partial charge in [-0.15, -0.1) is 12.4 Å². The number of aromatic nitrogens is 2. The summed E-state index contributed by atoms with van der Waals surface area (Å²) in [6.07, 6.45) is 2.11. The fourth-order valence-electron chi connectivity index (χ4n) is 2.72. The van der Waals surface area contributed by atoms with Crippen LogP contribution in [0.25, 0.3) is 5.65 Å². The van der Waals surface area contributed by atoms with E-state index in [9.17, 15) is 0 Å². The highest BCUT2D eigenvalue weighted by Crippen LogP contribution is 2.15. The summed E-state index contributed by atoms with van der Waals surface area (Å²) in [5.41, 5.74) is 3.51. The highest BCUT2D eigenvalue weighted by Gasteiger charge is 2.18. The van der Waals surface area contributed by atoms with Crippen LogP contribution in [0.1, 0.15) is 18.3 Å². The van der Waals surface area contributed by atoms with Crippen LogP contribution in [0.5, 0.6) is 0 Å². The molecule has 3 heterocycles. The first kappa shape index (κ1) is 14.3. The Morgan fingerprint density at radius 3 is 3.05 bits per heavy atom. The lowest BCUT2D eigenvalue weighted by Gasteiger charge is -2.31. The molecule has 19 heavy (non-hydrogen) atoms. The summed E-state index contributed by atoms with van der Waals surface area (Å²) in [5, 5.41) is 3.48. The molecule has 3 rings (SSSR count). The first-order valence-electron chi connectivity index (χ1n) is 6.62. The van der Waals surface area contributed by atoms with E-state index >= 15 is 0 Å². The van der Waals surface area contributed by atoms with Crippen molar-refractivity contribution in [3.63, 3.8) is 0 Å². The summed E-state index contributed by atoms with van der Waals surface area (Å²) < 4.78 is 2.21. The third-order valence-electron chi connectivity index (χ3n) is 3.66. The zero-order valence-corrected chi connectivity index (χ0v) is 12.3. The minimum absolute atomic E-state index is 0. The minimum Gasteiger partial charge on any atom is -0.312 e. The number of rotatable bonds is 2. The standard InChI is InChI=1S/C14H20N4.ClH/c1-11-9-17(8-6-15-11)10-13-12(2)16-14-5-3-4-7-18(13)14;/h3-5,7,11,15H,6,8-10H2,1-2H3;1H/t11-;/m0./s1. The number of fused-ring (bicyclic) bond motifs is 1. The summed E-state index contributed by atoms with van der Waals surface area (Å²) >= 11 is 0. The van der Waals surface area contributed by atoms with Crippen LogP contribution in [0.15, 0.2) is 24.4 Å². The molecule has 0 saturated carbocycles. The normalized spacial score (nSPS) is 20.4. The van der Waals surface area contributed by atoms with Crippen molar-refractivity contribution in [2.24, 2.45) is 0 Å². The Kier molecular flexibility index (Phi) is 4.45. The van der Waals surface area contributed by atoms with Crippen molar-refractivity contribution in [2.75, 3.05) is 19.6 Å². The monoisotopic (exact) mass is 280 g/mol. The van der Waals surface area contributed by atoms with E-state index in [-0.39, 0.29) is 12.4 Å². The molecular weight excluding hydrogens is 260 g/mol. The van der Waals surface area contributed by atoms with Gasteiger partial charge in [0.15, 0.2) is 0 Å². The number of hydrogen-bond acceptors (Lipinski definition) is 3. The molecule has 1 N–H and O–H groups in total. The zero-order chi connectivity index (χ0) is 12.5. The van der Waals surface area contributed by atoms with Crippen molar-refractivity contribution in [1.29, 1.82) is 0 Å². The van der Waals surface area contributed by atoms with Gasteiger partial charge in [0.25, 0.3) is 0 Å². The topological polar surface area (TPSA) is 32.6 Å². The SMILES string of the molecule is Cc1nc2ccccn2c1CN1CCN[C@@H](C)C1.Cl. The van der Waals surface area contributed by atoms with Gasteiger partial charge in [0.05, 0.1) is 11.4 Å². The number of hydrogen-bond donors (Lipinski definition) is 1. The number of aryl methyl sites for hydroxylation is 1. The third-order valence-corrected chi connectivity index (χ3v) is 3.66. The van der Waals surface area contributed by atoms with Crippen molar-refractivity contribution in [3.8, 4) is 0 Å². The Hall–Kier alpha value is -1.10. The molecule has 1 saturated heterocycles. The molecule has 5 heteroatoms. The lowest BCUT2D eigenvalue weighted by molar-refractivity contribution is 0.197. The number of nitrogens with one attached hydrogen (secondary N) is 1. The fourth-order valence-corrected chi connectivity index (χ4v) is 2.72. The second-order valence-corrected chi connectivity index (χ2v) is 5.16. The minimum atomic E-state index is 0. The van der Waals surface area contributed by atoms with Gasteiger partial charge in [0.1, 0.15) is 5.65 Å². The van der Waals surface area contributed by atoms with E-state index in [4.69, 9.17) is 0 Å². The van der Waals surface area contributed by atoms with Crippen LogP contribution in [0, 0.1) is 6.92 Å². The van der Waals surface area contributed by atoms with E-state index in [1.807, 2.05) is 6.07 Å². The average molecular weight is 281 g/mol. The third kappa shape index (κ3) is 2.91. The molecule has 0 unspecified atom stereocenters. The maximum Gasteiger partial charge on any atom is 0.137 e. The Morgan fingerprint density at radius 1 is 1.42 bits per heavy atom. The van der Waals surface area contributed by atoms with Crippen LogP contribution in [-0.4, -0.2) is 40.0 Å². The Balaban J connectivity index is 0.00000133. The Morgan fingerprint density at radius 2 is 2.26 bits per heavy atom. The molecule has 0 amide bonds. The van der Waals surface area contributed by atoms with Gasteiger partial charge >= 0.3 is 0 Å². The average Bonchev–Trinajstić information content (AvgIpc) is 2.66. The molecule has 0 spiro atoms. The van der Waals surface area contributed by atoms with Crippen LogP contribution in [0.3, 0.4) is 0 Å². The van der Waals surface area contributed by atoms with E-state index in [0.29, 0.717) is 6.04 Å². The molecule has 2 aromatic rings. The van der Waals surface area contributed by atoms with Crippen LogP contribution in [0.4, 0.5) is 0 Å². The highest BCUT2D eigenvalue weighted by molar-refractivity contribution is 5.85. The largest absolute Gasteiger partial charge is 0.312 e. The predicted molar refractivity (Wildman–Crippen MR) is 79.9 cm³/mol. The van der Waals surface area contributed by atoms with Gasteiger partial charge in [0.2, 0.25) is 0 Å². The first-order chi connectivity index (χ1) is 8.74. The summed E-state index contributed by atoms with van der Waals surface area (Å²) in [4.78, 5) is 7.12. The fraction of sp³-hybridized carbons (Fsp3) is 0.500. The van der Waals surface area contributed by atoms with Gasteiger partial charge < -0.3 is 9.72 Å². The number of nitrogens with zero attached hydrogens (tertiary/aromatic N) is 3. The number of halogens is 1. The molecule has 4 nitrogen and oxygen atoms in total. The van der Waals surface area contributed by atoms with Crippen molar-refractivity contribution in [2.45, 2.75) is 26.4 Å². The Labute approximate surface area is 120 Å². The van der Waals surface area contributed by atoms with Gasteiger partial charge in [0, 0.05) is 38.4 Å². The van der Waals surface area contributed by atoms with Crippen LogP contribution >= 0.6 is 12.4 Å². The molecule has 1 atom stereocenters. The highest BCUT2D eigenvalue weighted by atomic mass is 35.5. The molecular formula is C14H21ClN4. The van der Waals surface area contributed by atoms with Crippen molar-refractivity contribution in [3.05, 3.63) is 35.8 Å². The van der Waals surface area contributed by atoms with Crippen molar-refractivity contribution >= 4 is 18.1 Å². The van der Waals surface area contributed by atoms with Crippen molar-refractivity contribution in [1.82, 2.24) is 19.6 Å². The van der Waals surface area contributed by atoms with Gasteiger partial charge in [-0.3, -0.25) is 4.90 Å². The van der Waals surface area contributed by atoms with Gasteiger partial charge in [-0.05, 0) is 26.0 Å². The maximum absolute atomic E-state index is 4.62. The van der Waals surface area contributed by atoms with E-state index in [1.54, 1.807) is 0 Å². The molecule has 1 fully saturated rings. The molecule has 104 valence electrons. The summed E-state index contributed by atoms with van der Waals surface area (Å²) in [7, 11) is 0. The summed E-state index contributed by atoms with van der Waals surface area (Å²) in [6, 6.07) is 6.76. The van der Waals surface area contributed by atoms with Gasteiger partial charge in [-0.1, -0.05) is 6.07 Å². The van der Waals surface area contributed by atoms with E-state index in [2.05, 4.69) is 51.8 Å². The number of pyridine rings is 1. The lowest BCUT2D eigenvalue weighted by Crippen LogP contribution is -2.48. The smallest absolute Gasteiger partial charge is 0.137 e. The van der Waals surface area contributed by atoms with E-state index < -0.39 is 0 Å². The molecule has 1 aliphatic heterocycles. The zero-order valence-electron chi connectivity index (χ0n) is 11.5. The van der Waals surface area contributed by atoms with Crippen LogP contribution < -0.4 is 5.32 Å². The second kappa shape index (κ2) is 5.90. The van der Waals surface area contributed by atoms with Crippen LogP contribution in [0.2, 0.25) is 0 Å². The lowest BCUT2D eigenvalue weighted by atomic mass is 10.2. The molecule has 0 bridgehead atoms. The maximum atomic E-state index is 4.62. The van der Waals surface area contributed by atoms with E-state index in [0.717, 1.165) is 37.5 Å². The molecule has 0 radical (unpaired) electrons. The Bertz CT molecular complexity index is 551. The van der Waals surface area contributed by atoms with Gasteiger partial charge in [-0.25, -0.2) is 4.98 Å². The molecule has 0 aromatic carbocycles. The molecule has 0 aliphatic carbocycles. The summed E-state index contributed by atoms with van der Waals surface area (Å²) in [6.45, 7) is 8.64. The predicted octanol–water partition coefficient (Wildman–Crippen LogP) is 1.86. The molecule has 2 aromatic heterocycles. The second-order valence-electron chi connectivity index (χ2n) is 5.16. The van der Waals surface area contributed by atoms with Gasteiger partial charge in [-0.2, -0.15) is 0 Å². The van der Waals surface area contributed by atoms with Crippen molar-refractivity contribution < 1.29 is 0 Å². The van der Waals surface area contributed by atoms with E-state index in [1.165, 1.54) is 5.69 Å². The molecule has 1 aliphatic rings.